The second-order valence-corrected chi connectivity index (χ2v) is 6.12. The lowest BCUT2D eigenvalue weighted by Gasteiger charge is -2.20. The van der Waals surface area contributed by atoms with Gasteiger partial charge in [0.2, 0.25) is 10.0 Å². The summed E-state index contributed by atoms with van der Waals surface area (Å²) in [5.74, 6) is -2.78. The van der Waals surface area contributed by atoms with E-state index in [1.807, 2.05) is 0 Å². The minimum absolute atomic E-state index is 0.212. The van der Waals surface area contributed by atoms with Crippen LogP contribution in [0.3, 0.4) is 0 Å². The van der Waals surface area contributed by atoms with Gasteiger partial charge in [-0.05, 0) is 18.1 Å². The number of nitrogen functional groups attached to an aromatic ring is 1. The summed E-state index contributed by atoms with van der Waals surface area (Å²) in [6, 6.07) is 0.614. The van der Waals surface area contributed by atoms with Gasteiger partial charge in [-0.3, -0.25) is 0 Å². The highest BCUT2D eigenvalue weighted by Crippen LogP contribution is 2.22. The molecule has 0 radical (unpaired) electrons. The Hall–Kier alpha value is -1.25. The zero-order chi connectivity index (χ0) is 14.8. The Kier molecular flexibility index (Phi) is 4.83. The number of aliphatic hydroxyl groups is 1. The van der Waals surface area contributed by atoms with Crippen molar-refractivity contribution in [2.24, 2.45) is 5.92 Å². The third-order valence-electron chi connectivity index (χ3n) is 2.60. The average molecular weight is 294 g/mol. The van der Waals surface area contributed by atoms with Crippen LogP contribution in [-0.2, 0) is 10.0 Å². The topological polar surface area (TPSA) is 92.4 Å². The summed E-state index contributed by atoms with van der Waals surface area (Å²) in [6.07, 6.45) is 0. The van der Waals surface area contributed by atoms with Crippen LogP contribution in [0.4, 0.5) is 14.5 Å². The predicted molar refractivity (Wildman–Crippen MR) is 66.8 cm³/mol. The smallest absolute Gasteiger partial charge is 0.246 e. The highest BCUT2D eigenvalue weighted by Gasteiger charge is 2.28. The van der Waals surface area contributed by atoms with Crippen LogP contribution < -0.4 is 10.5 Å². The van der Waals surface area contributed by atoms with Crippen LogP contribution in [-0.4, -0.2) is 26.2 Å². The predicted octanol–water partition coefficient (Wildman–Crippen LogP) is 0.842. The Morgan fingerprint density at radius 3 is 2.16 bits per heavy atom. The molecule has 108 valence electrons. The Balaban J connectivity index is 3.21. The van der Waals surface area contributed by atoms with Gasteiger partial charge in [0.05, 0.1) is 6.61 Å². The highest BCUT2D eigenvalue weighted by atomic mass is 32.2. The summed E-state index contributed by atoms with van der Waals surface area (Å²) in [7, 11) is -4.41. The molecule has 0 saturated carbocycles. The molecule has 0 aliphatic rings. The van der Waals surface area contributed by atoms with Crippen molar-refractivity contribution in [3.8, 4) is 0 Å². The maximum atomic E-state index is 13.6. The standard InChI is InChI=1S/C11H16F2N2O3S/c1-6(2)10(5-16)15-19(17,18)11-8(12)3-7(14)4-9(11)13/h3-4,6,10,15-16H,5,14H2,1-2H3/t10-/m1/s1. The molecule has 0 aromatic heterocycles. The molecule has 1 atom stereocenters. The van der Waals surface area contributed by atoms with Gasteiger partial charge in [-0.1, -0.05) is 13.8 Å². The maximum Gasteiger partial charge on any atom is 0.246 e. The van der Waals surface area contributed by atoms with Crippen LogP contribution in [0.15, 0.2) is 17.0 Å². The van der Waals surface area contributed by atoms with Crippen molar-refractivity contribution in [2.45, 2.75) is 24.8 Å². The molecule has 0 saturated heterocycles. The fourth-order valence-electron chi connectivity index (χ4n) is 1.48. The molecule has 4 N–H and O–H groups in total. The van der Waals surface area contributed by atoms with Crippen molar-refractivity contribution >= 4 is 15.7 Å². The van der Waals surface area contributed by atoms with Crippen molar-refractivity contribution in [1.29, 1.82) is 0 Å². The SMILES string of the molecule is CC(C)[C@@H](CO)NS(=O)(=O)c1c(F)cc(N)cc1F. The zero-order valence-corrected chi connectivity index (χ0v) is 11.3. The molecule has 0 aliphatic heterocycles. The van der Waals surface area contributed by atoms with E-state index >= 15 is 0 Å². The molecule has 0 fully saturated rings. The van der Waals surface area contributed by atoms with Gasteiger partial charge in [-0.15, -0.1) is 0 Å². The van der Waals surface area contributed by atoms with E-state index in [-0.39, 0.29) is 11.6 Å². The number of sulfonamides is 1. The summed E-state index contributed by atoms with van der Waals surface area (Å²) in [6.45, 7) is 2.85. The van der Waals surface area contributed by atoms with E-state index in [9.17, 15) is 17.2 Å². The second-order valence-electron chi connectivity index (χ2n) is 4.47. The van der Waals surface area contributed by atoms with Gasteiger partial charge in [0.25, 0.3) is 0 Å². The van der Waals surface area contributed by atoms with E-state index < -0.39 is 39.2 Å². The maximum absolute atomic E-state index is 13.6. The van der Waals surface area contributed by atoms with Gasteiger partial charge in [0.1, 0.15) is 11.6 Å². The first-order valence-corrected chi connectivity index (χ1v) is 7.05. The van der Waals surface area contributed by atoms with Crippen molar-refractivity contribution in [2.75, 3.05) is 12.3 Å². The molecule has 1 aromatic carbocycles. The fourth-order valence-corrected chi connectivity index (χ4v) is 2.97. The Bertz CT molecular complexity index is 538. The zero-order valence-electron chi connectivity index (χ0n) is 10.5. The highest BCUT2D eigenvalue weighted by molar-refractivity contribution is 7.89. The molecular formula is C11H16F2N2O3S. The van der Waals surface area contributed by atoms with Crippen molar-refractivity contribution < 1.29 is 22.3 Å². The van der Waals surface area contributed by atoms with E-state index in [2.05, 4.69) is 4.72 Å². The Labute approximate surface area is 110 Å². The minimum atomic E-state index is -4.41. The molecule has 0 aliphatic carbocycles. The van der Waals surface area contributed by atoms with E-state index in [0.29, 0.717) is 0 Å². The number of halogens is 2. The lowest BCUT2D eigenvalue weighted by molar-refractivity contribution is 0.227. The van der Waals surface area contributed by atoms with Gasteiger partial charge < -0.3 is 10.8 Å². The molecule has 8 heteroatoms. The normalized spacial score (nSPS) is 13.8. The van der Waals surface area contributed by atoms with E-state index in [0.717, 1.165) is 12.1 Å². The van der Waals surface area contributed by atoms with Gasteiger partial charge in [-0.25, -0.2) is 21.9 Å². The van der Waals surface area contributed by atoms with E-state index in [1.54, 1.807) is 13.8 Å². The Morgan fingerprint density at radius 2 is 1.79 bits per heavy atom. The van der Waals surface area contributed by atoms with Crippen molar-refractivity contribution in [1.82, 2.24) is 4.72 Å². The second kappa shape index (κ2) is 5.81. The molecule has 0 spiro atoms. The van der Waals surface area contributed by atoms with Crippen LogP contribution in [0.1, 0.15) is 13.8 Å². The molecular weight excluding hydrogens is 278 g/mol. The number of aliphatic hydroxyl groups excluding tert-OH is 1. The van der Waals surface area contributed by atoms with Gasteiger partial charge in [0, 0.05) is 11.7 Å². The lowest BCUT2D eigenvalue weighted by atomic mass is 10.1. The summed E-state index contributed by atoms with van der Waals surface area (Å²) in [5, 5.41) is 9.05. The first kappa shape index (κ1) is 15.8. The summed E-state index contributed by atoms with van der Waals surface area (Å²) in [4.78, 5) is -1.10. The minimum Gasteiger partial charge on any atom is -0.399 e. The first-order chi connectivity index (χ1) is 8.69. The Morgan fingerprint density at radius 1 is 1.32 bits per heavy atom. The molecule has 1 aromatic rings. The van der Waals surface area contributed by atoms with Crippen LogP contribution in [0, 0.1) is 17.6 Å². The third kappa shape index (κ3) is 3.62. The molecule has 1 rings (SSSR count). The molecule has 5 nitrogen and oxygen atoms in total. The summed E-state index contributed by atoms with van der Waals surface area (Å²) < 4.78 is 53.0. The molecule has 0 heterocycles. The van der Waals surface area contributed by atoms with Gasteiger partial charge in [-0.2, -0.15) is 0 Å². The molecule has 0 bridgehead atoms. The molecule has 0 amide bonds. The number of nitrogens with two attached hydrogens (primary N) is 1. The van der Waals surface area contributed by atoms with E-state index in [1.165, 1.54) is 0 Å². The monoisotopic (exact) mass is 294 g/mol. The summed E-state index contributed by atoms with van der Waals surface area (Å²) in [5.41, 5.74) is 5.00. The summed E-state index contributed by atoms with van der Waals surface area (Å²) >= 11 is 0. The first-order valence-electron chi connectivity index (χ1n) is 5.56. The van der Waals surface area contributed by atoms with Gasteiger partial charge in [0.15, 0.2) is 4.90 Å². The van der Waals surface area contributed by atoms with Crippen molar-refractivity contribution in [3.63, 3.8) is 0 Å². The number of anilines is 1. The van der Waals surface area contributed by atoms with Crippen LogP contribution in [0.5, 0.6) is 0 Å². The van der Waals surface area contributed by atoms with Crippen LogP contribution in [0.2, 0.25) is 0 Å². The number of nitrogens with one attached hydrogen (secondary N) is 1. The third-order valence-corrected chi connectivity index (χ3v) is 4.14. The lowest BCUT2D eigenvalue weighted by Crippen LogP contribution is -2.41. The van der Waals surface area contributed by atoms with Crippen molar-refractivity contribution in [3.05, 3.63) is 23.8 Å². The van der Waals surface area contributed by atoms with E-state index in [4.69, 9.17) is 10.8 Å². The molecule has 0 unspecified atom stereocenters. The average Bonchev–Trinajstić information content (AvgIpc) is 2.23. The number of benzene rings is 1. The number of hydrogen-bond donors (Lipinski definition) is 3. The number of hydrogen-bond acceptors (Lipinski definition) is 4. The van der Waals surface area contributed by atoms with Crippen LogP contribution >= 0.6 is 0 Å². The quantitative estimate of drug-likeness (QED) is 0.702. The molecule has 19 heavy (non-hydrogen) atoms. The van der Waals surface area contributed by atoms with Gasteiger partial charge >= 0.3 is 0 Å². The van der Waals surface area contributed by atoms with Crippen LogP contribution in [0.25, 0.3) is 0 Å². The fraction of sp³-hybridized carbons (Fsp3) is 0.455. The largest absolute Gasteiger partial charge is 0.399 e. The number of rotatable bonds is 5.